The molecule has 0 spiro atoms. The van der Waals surface area contributed by atoms with Crippen molar-refractivity contribution in [3.8, 4) is 0 Å². The minimum absolute atomic E-state index is 0.105. The SMILES string of the molecule is CCCCCCCNC(=O)CNCCc1ccccc1. The van der Waals surface area contributed by atoms with Crippen LogP contribution in [-0.2, 0) is 11.2 Å². The van der Waals surface area contributed by atoms with E-state index >= 15 is 0 Å². The lowest BCUT2D eigenvalue weighted by molar-refractivity contribution is -0.120. The molecule has 3 heteroatoms. The smallest absolute Gasteiger partial charge is 0.233 e. The minimum atomic E-state index is 0.105. The second-order valence-corrected chi connectivity index (χ2v) is 5.18. The number of carbonyl (C=O) groups excluding carboxylic acids is 1. The number of hydrogen-bond acceptors (Lipinski definition) is 2. The zero-order valence-electron chi connectivity index (χ0n) is 12.7. The molecule has 0 aliphatic rings. The third kappa shape index (κ3) is 8.70. The maximum Gasteiger partial charge on any atom is 0.233 e. The summed E-state index contributed by atoms with van der Waals surface area (Å²) in [7, 11) is 0. The highest BCUT2D eigenvalue weighted by Gasteiger charge is 1.99. The summed E-state index contributed by atoms with van der Waals surface area (Å²) in [6.45, 7) is 4.28. The van der Waals surface area contributed by atoms with Crippen LogP contribution in [0.15, 0.2) is 30.3 Å². The molecule has 0 atom stereocenters. The summed E-state index contributed by atoms with van der Waals surface area (Å²) < 4.78 is 0. The van der Waals surface area contributed by atoms with Crippen molar-refractivity contribution in [1.29, 1.82) is 0 Å². The Hall–Kier alpha value is -1.35. The van der Waals surface area contributed by atoms with E-state index in [0.717, 1.165) is 25.9 Å². The highest BCUT2D eigenvalue weighted by molar-refractivity contribution is 5.77. The van der Waals surface area contributed by atoms with Crippen LogP contribution in [-0.4, -0.2) is 25.5 Å². The quantitative estimate of drug-likeness (QED) is 0.610. The monoisotopic (exact) mass is 276 g/mol. The summed E-state index contributed by atoms with van der Waals surface area (Å²) in [4.78, 5) is 11.6. The van der Waals surface area contributed by atoms with Crippen LogP contribution in [0.3, 0.4) is 0 Å². The van der Waals surface area contributed by atoms with Gasteiger partial charge in [0.15, 0.2) is 0 Å². The van der Waals surface area contributed by atoms with Gasteiger partial charge < -0.3 is 10.6 Å². The van der Waals surface area contributed by atoms with Crippen molar-refractivity contribution in [2.45, 2.75) is 45.4 Å². The molecule has 20 heavy (non-hydrogen) atoms. The Kier molecular flexibility index (Phi) is 9.58. The van der Waals surface area contributed by atoms with Crippen LogP contribution >= 0.6 is 0 Å². The summed E-state index contributed by atoms with van der Waals surface area (Å²) in [6.07, 6.45) is 7.12. The molecule has 3 nitrogen and oxygen atoms in total. The molecule has 0 aromatic heterocycles. The van der Waals surface area contributed by atoms with E-state index in [4.69, 9.17) is 0 Å². The topological polar surface area (TPSA) is 41.1 Å². The maximum absolute atomic E-state index is 11.6. The minimum Gasteiger partial charge on any atom is -0.355 e. The van der Waals surface area contributed by atoms with Crippen molar-refractivity contribution in [3.05, 3.63) is 35.9 Å². The van der Waals surface area contributed by atoms with Gasteiger partial charge in [-0.1, -0.05) is 62.9 Å². The molecule has 1 aromatic carbocycles. The van der Waals surface area contributed by atoms with E-state index < -0.39 is 0 Å². The second kappa shape index (κ2) is 11.5. The number of benzene rings is 1. The van der Waals surface area contributed by atoms with Crippen LogP contribution in [0.5, 0.6) is 0 Å². The lowest BCUT2D eigenvalue weighted by Crippen LogP contribution is -2.35. The summed E-state index contributed by atoms with van der Waals surface area (Å²) >= 11 is 0. The van der Waals surface area contributed by atoms with Gasteiger partial charge in [-0.15, -0.1) is 0 Å². The first-order valence-electron chi connectivity index (χ1n) is 7.84. The van der Waals surface area contributed by atoms with E-state index in [2.05, 4.69) is 29.7 Å². The maximum atomic E-state index is 11.6. The van der Waals surface area contributed by atoms with Crippen LogP contribution in [0.1, 0.15) is 44.6 Å². The van der Waals surface area contributed by atoms with Crippen LogP contribution in [0.25, 0.3) is 0 Å². The summed E-state index contributed by atoms with van der Waals surface area (Å²) in [5.41, 5.74) is 1.30. The normalized spacial score (nSPS) is 10.4. The zero-order valence-corrected chi connectivity index (χ0v) is 12.7. The van der Waals surface area contributed by atoms with E-state index in [-0.39, 0.29) is 5.91 Å². The number of nitrogens with one attached hydrogen (secondary N) is 2. The predicted molar refractivity (Wildman–Crippen MR) is 84.8 cm³/mol. The average Bonchev–Trinajstić information content (AvgIpc) is 2.48. The molecule has 0 fully saturated rings. The van der Waals surface area contributed by atoms with Crippen molar-refractivity contribution in [1.82, 2.24) is 10.6 Å². The molecule has 112 valence electrons. The van der Waals surface area contributed by atoms with Gasteiger partial charge in [-0.25, -0.2) is 0 Å². The average molecular weight is 276 g/mol. The Balaban J connectivity index is 1.92. The molecule has 0 heterocycles. The van der Waals surface area contributed by atoms with Crippen molar-refractivity contribution in [2.75, 3.05) is 19.6 Å². The molecule has 0 bridgehead atoms. The molecule has 1 aromatic rings. The Morgan fingerprint density at radius 3 is 2.50 bits per heavy atom. The van der Waals surface area contributed by atoms with Gasteiger partial charge in [0.25, 0.3) is 0 Å². The molecule has 0 aliphatic heterocycles. The number of amides is 1. The molecule has 0 unspecified atom stereocenters. The number of carbonyl (C=O) groups is 1. The van der Waals surface area contributed by atoms with Gasteiger partial charge in [0, 0.05) is 6.54 Å². The van der Waals surface area contributed by atoms with Gasteiger partial charge in [-0.3, -0.25) is 4.79 Å². The van der Waals surface area contributed by atoms with Gasteiger partial charge in [0.1, 0.15) is 0 Å². The molecule has 0 aliphatic carbocycles. The van der Waals surface area contributed by atoms with Crippen LogP contribution in [0.2, 0.25) is 0 Å². The lowest BCUT2D eigenvalue weighted by Gasteiger charge is -2.07. The van der Waals surface area contributed by atoms with E-state index in [0.29, 0.717) is 6.54 Å². The molecule has 0 radical (unpaired) electrons. The van der Waals surface area contributed by atoms with E-state index in [1.165, 1.54) is 31.2 Å². The first-order chi connectivity index (χ1) is 9.83. The van der Waals surface area contributed by atoms with Gasteiger partial charge in [0.2, 0.25) is 5.91 Å². The fourth-order valence-corrected chi connectivity index (χ4v) is 2.10. The third-order valence-corrected chi connectivity index (χ3v) is 3.32. The molecular formula is C17H28N2O. The highest BCUT2D eigenvalue weighted by atomic mass is 16.1. The fraction of sp³-hybridized carbons (Fsp3) is 0.588. The van der Waals surface area contributed by atoms with Crippen molar-refractivity contribution in [3.63, 3.8) is 0 Å². The van der Waals surface area contributed by atoms with Crippen LogP contribution in [0.4, 0.5) is 0 Å². The molecule has 2 N–H and O–H groups in total. The van der Waals surface area contributed by atoms with Crippen molar-refractivity contribution in [2.24, 2.45) is 0 Å². The van der Waals surface area contributed by atoms with Gasteiger partial charge >= 0.3 is 0 Å². The van der Waals surface area contributed by atoms with E-state index in [9.17, 15) is 4.79 Å². The van der Waals surface area contributed by atoms with Crippen molar-refractivity contribution < 1.29 is 4.79 Å². The molecule has 0 saturated carbocycles. The second-order valence-electron chi connectivity index (χ2n) is 5.18. The number of hydrogen-bond donors (Lipinski definition) is 2. The third-order valence-electron chi connectivity index (χ3n) is 3.32. The first kappa shape index (κ1) is 16.7. The Morgan fingerprint density at radius 1 is 1.00 bits per heavy atom. The van der Waals surface area contributed by atoms with Crippen LogP contribution in [0, 0.1) is 0 Å². The van der Waals surface area contributed by atoms with E-state index in [1.54, 1.807) is 0 Å². The zero-order chi connectivity index (χ0) is 14.5. The summed E-state index contributed by atoms with van der Waals surface area (Å²) in [5.74, 6) is 0.105. The first-order valence-corrected chi connectivity index (χ1v) is 7.84. The van der Waals surface area contributed by atoms with E-state index in [1.807, 2.05) is 18.2 Å². The lowest BCUT2D eigenvalue weighted by atomic mass is 10.1. The Morgan fingerprint density at radius 2 is 1.75 bits per heavy atom. The molecular weight excluding hydrogens is 248 g/mol. The largest absolute Gasteiger partial charge is 0.355 e. The summed E-state index contributed by atoms with van der Waals surface area (Å²) in [5, 5.41) is 6.14. The standard InChI is InChI=1S/C17H28N2O/c1-2-3-4-5-9-13-19-17(20)15-18-14-12-16-10-7-6-8-11-16/h6-8,10-11,18H,2-5,9,12-15H2,1H3,(H,19,20). The molecule has 0 saturated heterocycles. The number of rotatable bonds is 11. The van der Waals surface area contributed by atoms with Gasteiger partial charge in [0.05, 0.1) is 6.54 Å². The van der Waals surface area contributed by atoms with Crippen molar-refractivity contribution >= 4 is 5.91 Å². The Labute approximate surface area is 123 Å². The highest BCUT2D eigenvalue weighted by Crippen LogP contribution is 2.01. The van der Waals surface area contributed by atoms with Gasteiger partial charge in [-0.05, 0) is 24.9 Å². The van der Waals surface area contributed by atoms with Crippen LogP contribution < -0.4 is 10.6 Å². The fourth-order valence-electron chi connectivity index (χ4n) is 2.10. The van der Waals surface area contributed by atoms with Gasteiger partial charge in [-0.2, -0.15) is 0 Å². The molecule has 1 rings (SSSR count). The Bertz CT molecular complexity index is 351. The molecule has 1 amide bonds. The predicted octanol–water partition coefficient (Wildman–Crippen LogP) is 2.91. The summed E-state index contributed by atoms with van der Waals surface area (Å²) in [6, 6.07) is 10.3. The number of unbranched alkanes of at least 4 members (excludes halogenated alkanes) is 4.